The SMILES string of the molecule is COc1ccc(C2=NN(C(=O)CN3CCCCC3)[C@H](c3ccccc3Cl)C2)cc1. The van der Waals surface area contributed by atoms with E-state index in [0.717, 1.165) is 48.5 Å². The maximum Gasteiger partial charge on any atom is 0.257 e. The molecule has 1 fully saturated rings. The zero-order valence-electron chi connectivity index (χ0n) is 16.7. The first kappa shape index (κ1) is 19.9. The molecule has 152 valence electrons. The number of likely N-dealkylation sites (tertiary alicyclic amines) is 1. The van der Waals surface area contributed by atoms with E-state index in [0.29, 0.717) is 18.0 Å². The largest absolute Gasteiger partial charge is 0.497 e. The maximum atomic E-state index is 13.2. The van der Waals surface area contributed by atoms with Crippen LogP contribution < -0.4 is 4.74 Å². The molecule has 0 N–H and O–H groups in total. The fourth-order valence-corrected chi connectivity index (χ4v) is 4.33. The van der Waals surface area contributed by atoms with E-state index in [-0.39, 0.29) is 11.9 Å². The lowest BCUT2D eigenvalue weighted by molar-refractivity contribution is -0.134. The Morgan fingerprint density at radius 2 is 1.83 bits per heavy atom. The van der Waals surface area contributed by atoms with Crippen molar-refractivity contribution in [2.75, 3.05) is 26.7 Å². The minimum Gasteiger partial charge on any atom is -0.497 e. The molecule has 0 saturated carbocycles. The van der Waals surface area contributed by atoms with Crippen molar-refractivity contribution >= 4 is 23.2 Å². The van der Waals surface area contributed by atoms with Crippen LogP contribution >= 0.6 is 11.6 Å². The summed E-state index contributed by atoms with van der Waals surface area (Å²) >= 11 is 6.48. The minimum atomic E-state index is -0.182. The summed E-state index contributed by atoms with van der Waals surface area (Å²) < 4.78 is 5.25. The van der Waals surface area contributed by atoms with Gasteiger partial charge < -0.3 is 4.74 Å². The Balaban J connectivity index is 1.61. The zero-order valence-corrected chi connectivity index (χ0v) is 17.4. The Labute approximate surface area is 176 Å². The Bertz CT molecular complexity index is 891. The second kappa shape index (κ2) is 8.97. The molecule has 2 aliphatic heterocycles. The molecule has 0 aromatic heterocycles. The molecule has 2 aromatic carbocycles. The number of carbonyl (C=O) groups excluding carboxylic acids is 1. The van der Waals surface area contributed by atoms with Gasteiger partial charge in [0.2, 0.25) is 0 Å². The van der Waals surface area contributed by atoms with Crippen molar-refractivity contribution < 1.29 is 9.53 Å². The van der Waals surface area contributed by atoms with E-state index in [1.165, 1.54) is 6.42 Å². The highest BCUT2D eigenvalue weighted by Crippen LogP contribution is 2.36. The third-order valence-electron chi connectivity index (χ3n) is 5.66. The highest BCUT2D eigenvalue weighted by atomic mass is 35.5. The van der Waals surface area contributed by atoms with Gasteiger partial charge in [-0.1, -0.05) is 36.2 Å². The van der Waals surface area contributed by atoms with Crippen LogP contribution in [0.15, 0.2) is 53.6 Å². The van der Waals surface area contributed by atoms with Gasteiger partial charge in [0.15, 0.2) is 0 Å². The average Bonchev–Trinajstić information content (AvgIpc) is 3.20. The number of rotatable bonds is 5. The van der Waals surface area contributed by atoms with Crippen molar-refractivity contribution in [3.05, 3.63) is 64.7 Å². The molecule has 29 heavy (non-hydrogen) atoms. The van der Waals surface area contributed by atoms with Gasteiger partial charge in [-0.05, 0) is 67.4 Å². The van der Waals surface area contributed by atoms with Crippen molar-refractivity contribution in [1.29, 1.82) is 0 Å². The first-order chi connectivity index (χ1) is 14.2. The van der Waals surface area contributed by atoms with Gasteiger partial charge in [0.1, 0.15) is 5.75 Å². The lowest BCUT2D eigenvalue weighted by atomic mass is 9.98. The lowest BCUT2D eigenvalue weighted by Crippen LogP contribution is -2.40. The summed E-state index contributed by atoms with van der Waals surface area (Å²) in [4.78, 5) is 15.4. The fourth-order valence-electron chi connectivity index (χ4n) is 4.07. The minimum absolute atomic E-state index is 0.0281. The van der Waals surface area contributed by atoms with Crippen molar-refractivity contribution in [2.24, 2.45) is 5.10 Å². The van der Waals surface area contributed by atoms with Crippen LogP contribution in [-0.4, -0.2) is 48.3 Å². The van der Waals surface area contributed by atoms with E-state index in [1.54, 1.807) is 12.1 Å². The summed E-state index contributed by atoms with van der Waals surface area (Å²) in [7, 11) is 1.65. The number of nitrogens with zero attached hydrogens (tertiary/aromatic N) is 3. The van der Waals surface area contributed by atoms with Crippen molar-refractivity contribution in [1.82, 2.24) is 9.91 Å². The number of amides is 1. The molecular formula is C23H26ClN3O2. The van der Waals surface area contributed by atoms with Crippen molar-refractivity contribution in [2.45, 2.75) is 31.7 Å². The third-order valence-corrected chi connectivity index (χ3v) is 6.01. The number of ether oxygens (including phenoxy) is 1. The van der Waals surface area contributed by atoms with E-state index in [2.05, 4.69) is 4.90 Å². The number of methoxy groups -OCH3 is 1. The van der Waals surface area contributed by atoms with E-state index in [1.807, 2.05) is 48.5 Å². The summed E-state index contributed by atoms with van der Waals surface area (Å²) in [5.74, 6) is 0.827. The molecule has 1 saturated heterocycles. The molecule has 1 atom stereocenters. The van der Waals surface area contributed by atoms with Gasteiger partial charge in [0, 0.05) is 11.4 Å². The average molecular weight is 412 g/mol. The first-order valence-electron chi connectivity index (χ1n) is 10.2. The Kier molecular flexibility index (Phi) is 6.16. The molecule has 2 aromatic rings. The van der Waals surface area contributed by atoms with Crippen LogP contribution in [0.1, 0.15) is 42.9 Å². The zero-order chi connectivity index (χ0) is 20.2. The molecule has 2 heterocycles. The lowest BCUT2D eigenvalue weighted by Gasteiger charge is -2.29. The molecule has 0 spiro atoms. The number of hydrogen-bond donors (Lipinski definition) is 0. The number of piperidine rings is 1. The van der Waals surface area contributed by atoms with Crippen molar-refractivity contribution in [3.8, 4) is 5.75 Å². The molecule has 2 aliphatic rings. The normalized spacial score (nSPS) is 19.9. The summed E-state index contributed by atoms with van der Waals surface area (Å²) in [6.45, 7) is 2.36. The number of hydrazone groups is 1. The standard InChI is InChI=1S/C23H26ClN3O2/c1-29-18-11-9-17(10-12-18)21-15-22(19-7-3-4-8-20(19)24)27(25-21)23(28)16-26-13-5-2-6-14-26/h3-4,7-12,22H,2,5-6,13-16H2,1H3/t22-/m0/s1. The highest BCUT2D eigenvalue weighted by molar-refractivity contribution is 6.31. The first-order valence-corrected chi connectivity index (χ1v) is 10.5. The topological polar surface area (TPSA) is 45.1 Å². The number of carbonyl (C=O) groups is 1. The Morgan fingerprint density at radius 1 is 1.10 bits per heavy atom. The fraction of sp³-hybridized carbons (Fsp3) is 0.391. The number of benzene rings is 2. The molecule has 1 amide bonds. The predicted octanol–water partition coefficient (Wildman–Crippen LogP) is 4.51. The van der Waals surface area contributed by atoms with Gasteiger partial charge in [-0.3, -0.25) is 9.69 Å². The van der Waals surface area contributed by atoms with Crippen LogP contribution in [0.5, 0.6) is 5.75 Å². The van der Waals surface area contributed by atoms with Gasteiger partial charge in [-0.2, -0.15) is 5.10 Å². The Morgan fingerprint density at radius 3 is 2.52 bits per heavy atom. The van der Waals surface area contributed by atoms with E-state index in [9.17, 15) is 4.79 Å². The number of hydrogen-bond acceptors (Lipinski definition) is 4. The quantitative estimate of drug-likeness (QED) is 0.727. The van der Waals surface area contributed by atoms with Gasteiger partial charge in [0.25, 0.3) is 5.91 Å². The smallest absolute Gasteiger partial charge is 0.257 e. The maximum absolute atomic E-state index is 13.2. The molecule has 0 unspecified atom stereocenters. The van der Waals surface area contributed by atoms with E-state index < -0.39 is 0 Å². The van der Waals surface area contributed by atoms with E-state index >= 15 is 0 Å². The molecule has 5 nitrogen and oxygen atoms in total. The Hall–Kier alpha value is -2.37. The molecule has 0 aliphatic carbocycles. The molecule has 6 heteroatoms. The molecule has 0 bridgehead atoms. The molecular weight excluding hydrogens is 386 g/mol. The second-order valence-electron chi connectivity index (χ2n) is 7.59. The second-order valence-corrected chi connectivity index (χ2v) is 8.00. The molecule has 4 rings (SSSR count). The summed E-state index contributed by atoms with van der Waals surface area (Å²) in [5, 5.41) is 7.07. The van der Waals surface area contributed by atoms with Gasteiger partial charge >= 0.3 is 0 Å². The monoisotopic (exact) mass is 411 g/mol. The van der Waals surface area contributed by atoms with Crippen LogP contribution in [0.2, 0.25) is 5.02 Å². The van der Waals surface area contributed by atoms with Crippen LogP contribution in [0.25, 0.3) is 0 Å². The van der Waals surface area contributed by atoms with Crippen LogP contribution in [0, 0.1) is 0 Å². The highest BCUT2D eigenvalue weighted by Gasteiger charge is 2.34. The van der Waals surface area contributed by atoms with Crippen LogP contribution in [0.4, 0.5) is 0 Å². The van der Waals surface area contributed by atoms with Gasteiger partial charge in [0.05, 0.1) is 25.4 Å². The van der Waals surface area contributed by atoms with E-state index in [4.69, 9.17) is 21.4 Å². The van der Waals surface area contributed by atoms with Crippen LogP contribution in [-0.2, 0) is 4.79 Å². The predicted molar refractivity (Wildman–Crippen MR) is 115 cm³/mol. The number of halogens is 1. The molecule has 0 radical (unpaired) electrons. The van der Waals surface area contributed by atoms with Crippen LogP contribution in [0.3, 0.4) is 0 Å². The summed E-state index contributed by atoms with van der Waals surface area (Å²) in [5.41, 5.74) is 2.83. The summed E-state index contributed by atoms with van der Waals surface area (Å²) in [6.07, 6.45) is 4.20. The van der Waals surface area contributed by atoms with Gasteiger partial charge in [-0.15, -0.1) is 0 Å². The third kappa shape index (κ3) is 4.46. The summed E-state index contributed by atoms with van der Waals surface area (Å²) in [6, 6.07) is 15.3. The van der Waals surface area contributed by atoms with Gasteiger partial charge in [-0.25, -0.2) is 5.01 Å². The van der Waals surface area contributed by atoms with Crippen molar-refractivity contribution in [3.63, 3.8) is 0 Å².